The van der Waals surface area contributed by atoms with Crippen LogP contribution in [0.4, 0.5) is 0 Å². The fourth-order valence-corrected chi connectivity index (χ4v) is 0.892. The van der Waals surface area contributed by atoms with Gasteiger partial charge >= 0.3 is 5.97 Å². The Morgan fingerprint density at radius 2 is 2.38 bits per heavy atom. The van der Waals surface area contributed by atoms with Crippen LogP contribution in [-0.4, -0.2) is 16.9 Å². The fourth-order valence-electron chi connectivity index (χ4n) is 0.892. The molecule has 0 heterocycles. The summed E-state index contributed by atoms with van der Waals surface area (Å²) in [5.74, 6) is -2.24. The van der Waals surface area contributed by atoms with E-state index >= 15 is 0 Å². The summed E-state index contributed by atoms with van der Waals surface area (Å²) in [7, 11) is 0. The first-order valence-electron chi connectivity index (χ1n) is 3.60. The van der Waals surface area contributed by atoms with Crippen LogP contribution >= 0.6 is 0 Å². The van der Waals surface area contributed by atoms with Crippen LogP contribution in [0.15, 0.2) is 36.8 Å². The lowest BCUT2D eigenvalue weighted by Crippen LogP contribution is -2.16. The van der Waals surface area contributed by atoms with Gasteiger partial charge in [-0.3, -0.25) is 9.59 Å². The van der Waals surface area contributed by atoms with Crippen molar-refractivity contribution in [3.05, 3.63) is 36.8 Å². The van der Waals surface area contributed by atoms with Gasteiger partial charge in [0, 0.05) is 0 Å². The number of rotatable bonds is 2. The molecule has 13 heavy (non-hydrogen) atoms. The molecular formula is C9H8O4. The lowest BCUT2D eigenvalue weighted by Gasteiger charge is -2.09. The molecule has 0 amide bonds. The third-order valence-electron chi connectivity index (χ3n) is 1.52. The van der Waals surface area contributed by atoms with E-state index in [2.05, 4.69) is 11.3 Å². The van der Waals surface area contributed by atoms with Crippen LogP contribution in [0.1, 0.15) is 0 Å². The van der Waals surface area contributed by atoms with Gasteiger partial charge in [-0.15, -0.1) is 0 Å². The van der Waals surface area contributed by atoms with Crippen molar-refractivity contribution in [2.24, 2.45) is 5.92 Å². The molecule has 0 aromatic carbocycles. The van der Waals surface area contributed by atoms with Crippen molar-refractivity contribution in [2.75, 3.05) is 0 Å². The van der Waals surface area contributed by atoms with E-state index in [-0.39, 0.29) is 0 Å². The number of esters is 1. The summed E-state index contributed by atoms with van der Waals surface area (Å²) in [4.78, 5) is 21.8. The molecule has 1 aliphatic carbocycles. The van der Waals surface area contributed by atoms with Crippen LogP contribution in [0, 0.1) is 5.92 Å². The Balaban J connectivity index is 2.74. The summed E-state index contributed by atoms with van der Waals surface area (Å²) in [5.41, 5.74) is 0. The molecule has 0 bridgehead atoms. The normalized spacial score (nSPS) is 20.8. The summed E-state index contributed by atoms with van der Waals surface area (Å²) in [6.07, 6.45) is 4.61. The zero-order chi connectivity index (χ0) is 9.84. The first-order chi connectivity index (χ1) is 6.15. The highest BCUT2D eigenvalue weighted by Crippen LogP contribution is 2.13. The van der Waals surface area contributed by atoms with E-state index in [0.29, 0.717) is 0 Å². The Labute approximate surface area is 74.8 Å². The number of ketones is 1. The van der Waals surface area contributed by atoms with Crippen LogP contribution in [-0.2, 0) is 14.3 Å². The SMILES string of the molecule is C=COC(=O)C1C=CC(=O)C(O)=C1. The molecule has 0 saturated heterocycles. The maximum Gasteiger partial charge on any atom is 0.321 e. The van der Waals surface area contributed by atoms with Crippen molar-refractivity contribution in [3.8, 4) is 0 Å². The van der Waals surface area contributed by atoms with E-state index in [1.807, 2.05) is 0 Å². The Hall–Kier alpha value is -1.84. The highest BCUT2D eigenvalue weighted by atomic mass is 16.5. The van der Waals surface area contributed by atoms with E-state index in [1.54, 1.807) is 0 Å². The van der Waals surface area contributed by atoms with E-state index in [9.17, 15) is 9.59 Å². The highest BCUT2D eigenvalue weighted by molar-refractivity contribution is 6.04. The smallest absolute Gasteiger partial charge is 0.321 e. The van der Waals surface area contributed by atoms with E-state index in [0.717, 1.165) is 18.4 Å². The zero-order valence-corrected chi connectivity index (χ0v) is 6.77. The average Bonchev–Trinajstić information content (AvgIpc) is 2.10. The third kappa shape index (κ3) is 2.05. The van der Waals surface area contributed by atoms with Crippen LogP contribution in [0.25, 0.3) is 0 Å². The van der Waals surface area contributed by atoms with Gasteiger partial charge in [-0.05, 0) is 12.2 Å². The molecule has 0 spiro atoms. The van der Waals surface area contributed by atoms with Gasteiger partial charge in [0.25, 0.3) is 0 Å². The Morgan fingerprint density at radius 3 is 2.92 bits per heavy atom. The van der Waals surface area contributed by atoms with Crippen molar-refractivity contribution in [1.82, 2.24) is 0 Å². The number of carbonyl (C=O) groups excluding carboxylic acids is 2. The summed E-state index contributed by atoms with van der Waals surface area (Å²) in [6, 6.07) is 0. The van der Waals surface area contributed by atoms with Gasteiger partial charge < -0.3 is 9.84 Å². The Bertz CT molecular complexity index is 312. The molecule has 68 valence electrons. The predicted octanol–water partition coefficient (Wildman–Crippen LogP) is 0.870. The second kappa shape index (κ2) is 3.71. The van der Waals surface area contributed by atoms with E-state index < -0.39 is 23.4 Å². The van der Waals surface area contributed by atoms with Crippen molar-refractivity contribution < 1.29 is 19.4 Å². The van der Waals surface area contributed by atoms with Gasteiger partial charge in [0.05, 0.1) is 12.2 Å². The Kier molecular flexibility index (Phi) is 2.64. The number of aliphatic hydroxyl groups excluding tert-OH is 1. The number of allylic oxidation sites excluding steroid dienone is 1. The van der Waals surface area contributed by atoms with Gasteiger partial charge in [0.2, 0.25) is 5.78 Å². The minimum Gasteiger partial charge on any atom is -0.504 e. The molecule has 1 aliphatic rings. The molecule has 4 heteroatoms. The molecule has 1 unspecified atom stereocenters. The molecular weight excluding hydrogens is 172 g/mol. The third-order valence-corrected chi connectivity index (χ3v) is 1.52. The van der Waals surface area contributed by atoms with Crippen molar-refractivity contribution in [2.45, 2.75) is 0 Å². The van der Waals surface area contributed by atoms with Gasteiger partial charge in [-0.2, -0.15) is 0 Å². The van der Waals surface area contributed by atoms with Crippen LogP contribution < -0.4 is 0 Å². The monoisotopic (exact) mass is 180 g/mol. The number of ether oxygens (including phenoxy) is 1. The quantitative estimate of drug-likeness (QED) is 0.506. The molecule has 1 N–H and O–H groups in total. The molecule has 0 saturated carbocycles. The minimum absolute atomic E-state index is 0.437. The molecule has 1 rings (SSSR count). The standard InChI is InChI=1S/C9H8O4/c1-2-13-9(12)6-3-4-7(10)8(11)5-6/h2-6,11H,1H2. The lowest BCUT2D eigenvalue weighted by atomic mass is 10.0. The molecule has 4 nitrogen and oxygen atoms in total. The highest BCUT2D eigenvalue weighted by Gasteiger charge is 2.20. The second-order valence-electron chi connectivity index (χ2n) is 2.40. The summed E-state index contributed by atoms with van der Waals surface area (Å²) in [6.45, 7) is 3.21. The first-order valence-corrected chi connectivity index (χ1v) is 3.60. The minimum atomic E-state index is -0.712. The second-order valence-corrected chi connectivity index (χ2v) is 2.40. The molecule has 0 radical (unpaired) electrons. The lowest BCUT2D eigenvalue weighted by molar-refractivity contribution is -0.139. The van der Waals surface area contributed by atoms with E-state index in [4.69, 9.17) is 5.11 Å². The molecule has 0 fully saturated rings. The van der Waals surface area contributed by atoms with Gasteiger partial charge in [0.15, 0.2) is 5.76 Å². The largest absolute Gasteiger partial charge is 0.504 e. The Morgan fingerprint density at radius 1 is 1.69 bits per heavy atom. The average molecular weight is 180 g/mol. The van der Waals surface area contributed by atoms with Crippen molar-refractivity contribution in [3.63, 3.8) is 0 Å². The zero-order valence-electron chi connectivity index (χ0n) is 6.77. The topological polar surface area (TPSA) is 63.6 Å². The van der Waals surface area contributed by atoms with Gasteiger partial charge in [-0.1, -0.05) is 12.7 Å². The summed E-state index contributed by atoms with van der Waals surface area (Å²) in [5, 5.41) is 8.99. The van der Waals surface area contributed by atoms with Crippen LogP contribution in [0.2, 0.25) is 0 Å². The van der Waals surface area contributed by atoms with Crippen molar-refractivity contribution in [1.29, 1.82) is 0 Å². The summed E-state index contributed by atoms with van der Waals surface area (Å²) < 4.78 is 4.47. The van der Waals surface area contributed by atoms with E-state index in [1.165, 1.54) is 6.08 Å². The number of hydrogen-bond acceptors (Lipinski definition) is 4. The van der Waals surface area contributed by atoms with Crippen LogP contribution in [0.5, 0.6) is 0 Å². The van der Waals surface area contributed by atoms with Gasteiger partial charge in [0.1, 0.15) is 0 Å². The molecule has 0 aromatic rings. The number of hydrogen-bond donors (Lipinski definition) is 1. The van der Waals surface area contributed by atoms with Crippen LogP contribution in [0.3, 0.4) is 0 Å². The fraction of sp³-hybridized carbons (Fsp3) is 0.111. The maximum atomic E-state index is 11.0. The van der Waals surface area contributed by atoms with Gasteiger partial charge in [-0.25, -0.2) is 0 Å². The molecule has 0 aliphatic heterocycles. The molecule has 1 atom stereocenters. The predicted molar refractivity (Wildman–Crippen MR) is 44.6 cm³/mol. The first kappa shape index (κ1) is 9.25. The maximum absolute atomic E-state index is 11.0. The summed E-state index contributed by atoms with van der Waals surface area (Å²) >= 11 is 0. The van der Waals surface area contributed by atoms with Crippen molar-refractivity contribution >= 4 is 11.8 Å². The molecule has 0 aromatic heterocycles. The number of carbonyl (C=O) groups is 2. The number of aliphatic hydroxyl groups is 1.